The van der Waals surface area contributed by atoms with E-state index in [9.17, 15) is 0 Å². The molecule has 17 heavy (non-hydrogen) atoms. The van der Waals surface area contributed by atoms with Crippen LogP contribution in [-0.2, 0) is 6.42 Å². The third-order valence-electron chi connectivity index (χ3n) is 3.01. The topological polar surface area (TPSA) is 52.0 Å². The second-order valence-electron chi connectivity index (χ2n) is 4.45. The third-order valence-corrected chi connectivity index (χ3v) is 3.01. The molecule has 3 heteroatoms. The Morgan fingerprint density at radius 1 is 1.35 bits per heavy atom. The van der Waals surface area contributed by atoms with Gasteiger partial charge < -0.3 is 10.2 Å². The van der Waals surface area contributed by atoms with Gasteiger partial charge in [0.2, 0.25) is 0 Å². The molecule has 2 aromatic rings. The predicted octanol–water partition coefficient (Wildman–Crippen LogP) is 2.84. The minimum atomic E-state index is -0.0546. The maximum atomic E-state index is 6.21. The molecule has 2 aromatic heterocycles. The molecule has 0 aliphatic heterocycles. The number of hydrogen-bond acceptors (Lipinski definition) is 3. The van der Waals surface area contributed by atoms with E-state index in [-0.39, 0.29) is 6.04 Å². The highest BCUT2D eigenvalue weighted by Crippen LogP contribution is 2.23. The summed E-state index contributed by atoms with van der Waals surface area (Å²) in [6.07, 6.45) is 2.55. The Bertz CT molecular complexity index is 517. The van der Waals surface area contributed by atoms with Crippen LogP contribution in [0.1, 0.15) is 34.4 Å². The zero-order chi connectivity index (χ0) is 12.4. The molecule has 3 nitrogen and oxygen atoms in total. The molecule has 90 valence electrons. The fourth-order valence-corrected chi connectivity index (χ4v) is 2.07. The first-order valence-corrected chi connectivity index (χ1v) is 5.81. The van der Waals surface area contributed by atoms with Gasteiger partial charge in [-0.05, 0) is 38.5 Å². The molecule has 0 spiro atoms. The van der Waals surface area contributed by atoms with Crippen LogP contribution in [0.2, 0.25) is 0 Å². The summed E-state index contributed by atoms with van der Waals surface area (Å²) in [4.78, 5) is 4.37. The summed E-state index contributed by atoms with van der Waals surface area (Å²) in [7, 11) is 0. The van der Waals surface area contributed by atoms with Gasteiger partial charge in [0.25, 0.3) is 0 Å². The van der Waals surface area contributed by atoms with E-state index in [4.69, 9.17) is 10.2 Å². The van der Waals surface area contributed by atoms with E-state index in [0.717, 1.165) is 29.2 Å². The quantitative estimate of drug-likeness (QED) is 0.882. The average Bonchev–Trinajstić information content (AvgIpc) is 2.61. The summed E-state index contributed by atoms with van der Waals surface area (Å²) in [5.74, 6) is 1.81. The normalized spacial score (nSPS) is 12.7. The van der Waals surface area contributed by atoms with E-state index < -0.39 is 0 Å². The molecule has 0 radical (unpaired) electrons. The van der Waals surface area contributed by atoms with Crippen molar-refractivity contribution in [2.24, 2.45) is 5.73 Å². The molecule has 0 fully saturated rings. The average molecular weight is 230 g/mol. The molecule has 0 bridgehead atoms. The van der Waals surface area contributed by atoms with Gasteiger partial charge >= 0.3 is 0 Å². The van der Waals surface area contributed by atoms with E-state index in [2.05, 4.69) is 18.0 Å². The van der Waals surface area contributed by atoms with Gasteiger partial charge in [0.15, 0.2) is 0 Å². The zero-order valence-corrected chi connectivity index (χ0v) is 10.5. The second-order valence-corrected chi connectivity index (χ2v) is 4.45. The lowest BCUT2D eigenvalue weighted by molar-refractivity contribution is 0.497. The molecule has 2 heterocycles. The van der Waals surface area contributed by atoms with Crippen LogP contribution in [-0.4, -0.2) is 4.98 Å². The smallest absolute Gasteiger partial charge is 0.105 e. The van der Waals surface area contributed by atoms with Crippen LogP contribution in [0.15, 0.2) is 28.8 Å². The Morgan fingerprint density at radius 3 is 2.71 bits per heavy atom. The Balaban J connectivity index is 2.20. The highest BCUT2D eigenvalue weighted by Gasteiger charge is 2.15. The molecular formula is C14H18N2O. The fraction of sp³-hybridized carbons (Fsp3) is 0.357. The lowest BCUT2D eigenvalue weighted by Crippen LogP contribution is -2.15. The number of furan rings is 1. The predicted molar refractivity (Wildman–Crippen MR) is 67.8 cm³/mol. The number of aryl methyl sites for hydroxylation is 3. The summed E-state index contributed by atoms with van der Waals surface area (Å²) in [5.41, 5.74) is 9.52. The maximum Gasteiger partial charge on any atom is 0.105 e. The highest BCUT2D eigenvalue weighted by atomic mass is 16.3. The van der Waals surface area contributed by atoms with Crippen molar-refractivity contribution < 1.29 is 4.42 Å². The van der Waals surface area contributed by atoms with Crippen molar-refractivity contribution in [3.63, 3.8) is 0 Å². The minimum absolute atomic E-state index is 0.0546. The Labute approximate surface area is 102 Å². The monoisotopic (exact) mass is 230 g/mol. The number of nitrogens with two attached hydrogens (primary N) is 1. The van der Waals surface area contributed by atoms with Crippen LogP contribution in [0, 0.1) is 20.8 Å². The van der Waals surface area contributed by atoms with Crippen molar-refractivity contribution in [2.45, 2.75) is 33.2 Å². The molecule has 0 aliphatic rings. The standard InChI is InChI=1S/C14H18N2O/c1-9-5-4-6-16-14(9)8-13(15)12-7-10(2)17-11(12)3/h4-7,13H,8,15H2,1-3H3. The van der Waals surface area contributed by atoms with Gasteiger partial charge in [0.1, 0.15) is 11.5 Å². The number of nitrogens with zero attached hydrogens (tertiary/aromatic N) is 1. The molecular weight excluding hydrogens is 212 g/mol. The molecule has 1 unspecified atom stereocenters. The van der Waals surface area contributed by atoms with Crippen LogP contribution in [0.5, 0.6) is 0 Å². The van der Waals surface area contributed by atoms with Gasteiger partial charge in [-0.2, -0.15) is 0 Å². The second kappa shape index (κ2) is 4.72. The summed E-state index contributed by atoms with van der Waals surface area (Å²) >= 11 is 0. The van der Waals surface area contributed by atoms with Gasteiger partial charge in [-0.1, -0.05) is 6.07 Å². The van der Waals surface area contributed by atoms with E-state index in [1.54, 1.807) is 0 Å². The number of pyridine rings is 1. The fourth-order valence-electron chi connectivity index (χ4n) is 2.07. The molecule has 1 atom stereocenters. The maximum absolute atomic E-state index is 6.21. The summed E-state index contributed by atoms with van der Waals surface area (Å²) in [5, 5.41) is 0. The molecule has 2 rings (SSSR count). The first kappa shape index (κ1) is 11.9. The first-order chi connectivity index (χ1) is 8.08. The van der Waals surface area contributed by atoms with Gasteiger partial charge in [-0.3, -0.25) is 4.98 Å². The van der Waals surface area contributed by atoms with E-state index in [1.165, 1.54) is 5.56 Å². The number of aromatic nitrogens is 1. The summed E-state index contributed by atoms with van der Waals surface area (Å²) < 4.78 is 5.50. The molecule has 0 saturated carbocycles. The van der Waals surface area contributed by atoms with Crippen LogP contribution in [0.3, 0.4) is 0 Å². The van der Waals surface area contributed by atoms with Crippen molar-refractivity contribution in [1.82, 2.24) is 4.98 Å². The third kappa shape index (κ3) is 2.56. The Kier molecular flexibility index (Phi) is 3.29. The number of rotatable bonds is 3. The largest absolute Gasteiger partial charge is 0.466 e. The Morgan fingerprint density at radius 2 is 2.12 bits per heavy atom. The van der Waals surface area contributed by atoms with Gasteiger partial charge in [-0.15, -0.1) is 0 Å². The molecule has 0 saturated heterocycles. The van der Waals surface area contributed by atoms with E-state index >= 15 is 0 Å². The SMILES string of the molecule is Cc1cc(C(N)Cc2ncccc2C)c(C)o1. The van der Waals surface area contributed by atoms with E-state index in [0.29, 0.717) is 0 Å². The Hall–Kier alpha value is -1.61. The van der Waals surface area contributed by atoms with Crippen LogP contribution in [0.4, 0.5) is 0 Å². The van der Waals surface area contributed by atoms with Crippen LogP contribution >= 0.6 is 0 Å². The summed E-state index contributed by atoms with van der Waals surface area (Å²) in [6.45, 7) is 5.95. The van der Waals surface area contributed by atoms with Crippen molar-refractivity contribution in [3.8, 4) is 0 Å². The van der Waals surface area contributed by atoms with Gasteiger partial charge in [0.05, 0.1) is 0 Å². The van der Waals surface area contributed by atoms with Crippen molar-refractivity contribution in [3.05, 3.63) is 52.7 Å². The zero-order valence-electron chi connectivity index (χ0n) is 10.5. The molecule has 0 aliphatic carbocycles. The van der Waals surface area contributed by atoms with Crippen LogP contribution in [0.25, 0.3) is 0 Å². The van der Waals surface area contributed by atoms with E-state index in [1.807, 2.05) is 32.2 Å². The molecule has 2 N–H and O–H groups in total. The lowest BCUT2D eigenvalue weighted by atomic mass is 10.0. The molecule has 0 amide bonds. The first-order valence-electron chi connectivity index (χ1n) is 5.81. The summed E-state index contributed by atoms with van der Waals surface area (Å²) in [6, 6.07) is 5.96. The van der Waals surface area contributed by atoms with Crippen molar-refractivity contribution >= 4 is 0 Å². The number of hydrogen-bond donors (Lipinski definition) is 1. The van der Waals surface area contributed by atoms with Crippen molar-refractivity contribution in [1.29, 1.82) is 0 Å². The van der Waals surface area contributed by atoms with Crippen molar-refractivity contribution in [2.75, 3.05) is 0 Å². The highest BCUT2D eigenvalue weighted by molar-refractivity contribution is 5.27. The lowest BCUT2D eigenvalue weighted by Gasteiger charge is -2.11. The van der Waals surface area contributed by atoms with Crippen LogP contribution < -0.4 is 5.73 Å². The van der Waals surface area contributed by atoms with Gasteiger partial charge in [-0.25, -0.2) is 0 Å². The van der Waals surface area contributed by atoms with Gasteiger partial charge in [0, 0.05) is 29.9 Å². The minimum Gasteiger partial charge on any atom is -0.466 e. The molecule has 0 aromatic carbocycles.